The lowest BCUT2D eigenvalue weighted by Crippen LogP contribution is -2.28. The molecule has 0 spiro atoms. The van der Waals surface area contributed by atoms with Crippen LogP contribution >= 0.6 is 0 Å². The zero-order valence-corrected chi connectivity index (χ0v) is 12.5. The fraction of sp³-hybridized carbons (Fsp3) is 0.533. The molecule has 19 heavy (non-hydrogen) atoms. The number of hydrogen-bond donors (Lipinski definition) is 3. The van der Waals surface area contributed by atoms with E-state index in [0.29, 0.717) is 5.56 Å². The maximum absolute atomic E-state index is 12.0. The lowest BCUT2D eigenvalue weighted by atomic mass is 9.85. The van der Waals surface area contributed by atoms with Gasteiger partial charge in [0.15, 0.2) is 0 Å². The van der Waals surface area contributed by atoms with Crippen LogP contribution < -0.4 is 5.32 Å². The average Bonchev–Trinajstić information content (AvgIpc) is 2.20. The van der Waals surface area contributed by atoms with Gasteiger partial charge < -0.3 is 15.5 Å². The third-order valence-corrected chi connectivity index (χ3v) is 2.88. The van der Waals surface area contributed by atoms with E-state index >= 15 is 0 Å². The lowest BCUT2D eigenvalue weighted by molar-refractivity contribution is -0.123. The third-order valence-electron chi connectivity index (χ3n) is 2.88. The van der Waals surface area contributed by atoms with E-state index in [-0.39, 0.29) is 28.5 Å². The standard InChI is InChI=1S/C15H23NO3/c1-14(2,3)9-7-8-10(17)11(12(9)18)16-13(19)15(4,5)6/h7-8,17-18H,1-6H3,(H,16,19). The molecule has 0 radical (unpaired) electrons. The van der Waals surface area contributed by atoms with Gasteiger partial charge >= 0.3 is 0 Å². The molecule has 1 aromatic rings. The van der Waals surface area contributed by atoms with Crippen LogP contribution in [0.5, 0.6) is 11.5 Å². The van der Waals surface area contributed by atoms with Crippen molar-refractivity contribution in [1.29, 1.82) is 0 Å². The van der Waals surface area contributed by atoms with Gasteiger partial charge in [0, 0.05) is 11.0 Å². The molecule has 0 aliphatic heterocycles. The molecule has 0 aromatic heterocycles. The van der Waals surface area contributed by atoms with Gasteiger partial charge in [-0.2, -0.15) is 0 Å². The van der Waals surface area contributed by atoms with Crippen LogP contribution in [0.3, 0.4) is 0 Å². The Morgan fingerprint density at radius 2 is 1.58 bits per heavy atom. The summed E-state index contributed by atoms with van der Waals surface area (Å²) < 4.78 is 0. The van der Waals surface area contributed by atoms with Crippen LogP contribution in [0.15, 0.2) is 12.1 Å². The van der Waals surface area contributed by atoms with Crippen molar-refractivity contribution in [2.24, 2.45) is 5.41 Å². The number of nitrogens with one attached hydrogen (secondary N) is 1. The molecule has 0 bridgehead atoms. The number of phenolic OH excluding ortho intramolecular Hbond substituents is 2. The molecule has 0 unspecified atom stereocenters. The highest BCUT2D eigenvalue weighted by atomic mass is 16.3. The van der Waals surface area contributed by atoms with Crippen molar-refractivity contribution in [2.45, 2.75) is 47.0 Å². The summed E-state index contributed by atoms with van der Waals surface area (Å²) in [4.78, 5) is 12.0. The maximum atomic E-state index is 12.0. The van der Waals surface area contributed by atoms with Crippen molar-refractivity contribution in [3.8, 4) is 11.5 Å². The van der Waals surface area contributed by atoms with Gasteiger partial charge in [-0.15, -0.1) is 0 Å². The molecule has 0 saturated heterocycles. The average molecular weight is 265 g/mol. The first-order valence-corrected chi connectivity index (χ1v) is 6.31. The predicted molar refractivity (Wildman–Crippen MR) is 76.6 cm³/mol. The Bertz CT molecular complexity index is 493. The highest BCUT2D eigenvalue weighted by Gasteiger charge is 2.26. The quantitative estimate of drug-likeness (QED) is 0.682. The molecule has 3 N–H and O–H groups in total. The van der Waals surface area contributed by atoms with Gasteiger partial charge in [0.25, 0.3) is 0 Å². The van der Waals surface area contributed by atoms with Crippen molar-refractivity contribution in [3.63, 3.8) is 0 Å². The Kier molecular flexibility index (Phi) is 3.84. The topological polar surface area (TPSA) is 69.6 Å². The summed E-state index contributed by atoms with van der Waals surface area (Å²) in [6, 6.07) is 3.15. The Labute approximate surface area is 114 Å². The number of amides is 1. The second-order valence-electron chi connectivity index (χ2n) is 6.81. The van der Waals surface area contributed by atoms with E-state index in [1.165, 1.54) is 6.07 Å². The number of carbonyl (C=O) groups is 1. The Morgan fingerprint density at radius 1 is 1.05 bits per heavy atom. The van der Waals surface area contributed by atoms with E-state index in [1.54, 1.807) is 26.8 Å². The summed E-state index contributed by atoms with van der Waals surface area (Å²) in [5.74, 6) is -0.475. The summed E-state index contributed by atoms with van der Waals surface area (Å²) in [7, 11) is 0. The number of anilines is 1. The summed E-state index contributed by atoms with van der Waals surface area (Å²) in [5, 5.41) is 22.7. The smallest absolute Gasteiger partial charge is 0.229 e. The van der Waals surface area contributed by atoms with E-state index in [4.69, 9.17) is 0 Å². The SMILES string of the molecule is CC(C)(C)C(=O)Nc1c(O)ccc(C(C)(C)C)c1O. The van der Waals surface area contributed by atoms with Gasteiger partial charge in [0.1, 0.15) is 17.2 Å². The molecule has 4 heteroatoms. The summed E-state index contributed by atoms with van der Waals surface area (Å²) in [5.41, 5.74) is -0.128. The summed E-state index contributed by atoms with van der Waals surface area (Å²) in [6.45, 7) is 11.2. The minimum Gasteiger partial charge on any atom is -0.506 e. The van der Waals surface area contributed by atoms with E-state index in [1.807, 2.05) is 20.8 Å². The highest BCUT2D eigenvalue weighted by molar-refractivity contribution is 5.97. The van der Waals surface area contributed by atoms with Crippen molar-refractivity contribution < 1.29 is 15.0 Å². The normalized spacial score (nSPS) is 12.3. The first kappa shape index (κ1) is 15.3. The van der Waals surface area contributed by atoms with Crippen LogP contribution in [0, 0.1) is 5.41 Å². The van der Waals surface area contributed by atoms with Crippen molar-refractivity contribution in [3.05, 3.63) is 17.7 Å². The van der Waals surface area contributed by atoms with Crippen LogP contribution in [-0.4, -0.2) is 16.1 Å². The highest BCUT2D eigenvalue weighted by Crippen LogP contribution is 2.41. The Hall–Kier alpha value is -1.71. The maximum Gasteiger partial charge on any atom is 0.229 e. The fourth-order valence-corrected chi connectivity index (χ4v) is 1.61. The van der Waals surface area contributed by atoms with E-state index in [9.17, 15) is 15.0 Å². The van der Waals surface area contributed by atoms with E-state index in [0.717, 1.165) is 0 Å². The minimum absolute atomic E-state index is 0.0763. The molecule has 0 fully saturated rings. The van der Waals surface area contributed by atoms with Gasteiger partial charge in [-0.3, -0.25) is 4.79 Å². The molecule has 1 amide bonds. The number of rotatable bonds is 1. The van der Waals surface area contributed by atoms with Crippen LogP contribution in [-0.2, 0) is 10.2 Å². The van der Waals surface area contributed by atoms with Crippen LogP contribution in [0.2, 0.25) is 0 Å². The van der Waals surface area contributed by atoms with Crippen LogP contribution in [0.1, 0.15) is 47.1 Å². The molecule has 4 nitrogen and oxygen atoms in total. The Morgan fingerprint density at radius 3 is 2.00 bits per heavy atom. The zero-order valence-electron chi connectivity index (χ0n) is 12.5. The van der Waals surface area contributed by atoms with Gasteiger partial charge in [-0.1, -0.05) is 47.6 Å². The summed E-state index contributed by atoms with van der Waals surface area (Å²) >= 11 is 0. The number of phenols is 2. The van der Waals surface area contributed by atoms with Gasteiger partial charge in [0.05, 0.1) is 0 Å². The second kappa shape index (κ2) is 4.76. The minimum atomic E-state index is -0.601. The first-order chi connectivity index (χ1) is 8.44. The monoisotopic (exact) mass is 265 g/mol. The van der Waals surface area contributed by atoms with Crippen LogP contribution in [0.4, 0.5) is 5.69 Å². The molecule has 0 saturated carbocycles. The number of benzene rings is 1. The van der Waals surface area contributed by atoms with E-state index in [2.05, 4.69) is 5.32 Å². The molecule has 106 valence electrons. The molecule has 0 aliphatic rings. The van der Waals surface area contributed by atoms with Crippen LogP contribution in [0.25, 0.3) is 0 Å². The van der Waals surface area contributed by atoms with E-state index < -0.39 is 5.41 Å². The van der Waals surface area contributed by atoms with Gasteiger partial charge in [-0.25, -0.2) is 0 Å². The number of hydrogen-bond acceptors (Lipinski definition) is 3. The number of aromatic hydroxyl groups is 2. The fourth-order valence-electron chi connectivity index (χ4n) is 1.61. The largest absolute Gasteiger partial charge is 0.506 e. The zero-order chi connectivity index (χ0) is 15.0. The molecule has 0 heterocycles. The molecular formula is C15H23NO3. The first-order valence-electron chi connectivity index (χ1n) is 6.31. The van der Waals surface area contributed by atoms with Crippen molar-refractivity contribution in [1.82, 2.24) is 0 Å². The molecular weight excluding hydrogens is 242 g/mol. The predicted octanol–water partition coefficient (Wildman–Crippen LogP) is 3.38. The van der Waals surface area contributed by atoms with Crippen molar-refractivity contribution >= 4 is 11.6 Å². The Balaban J connectivity index is 3.25. The molecule has 0 atom stereocenters. The summed E-state index contributed by atoms with van der Waals surface area (Å²) in [6.07, 6.45) is 0. The molecule has 0 aliphatic carbocycles. The van der Waals surface area contributed by atoms with Gasteiger partial charge in [-0.05, 0) is 11.5 Å². The third kappa shape index (κ3) is 3.40. The van der Waals surface area contributed by atoms with Gasteiger partial charge in [0.2, 0.25) is 5.91 Å². The van der Waals surface area contributed by atoms with Crippen molar-refractivity contribution in [2.75, 3.05) is 5.32 Å². The lowest BCUT2D eigenvalue weighted by Gasteiger charge is -2.24. The molecule has 1 aromatic carbocycles. The second-order valence-corrected chi connectivity index (χ2v) is 6.81. The number of carbonyl (C=O) groups excluding carboxylic acids is 1. The molecule has 1 rings (SSSR count).